The third kappa shape index (κ3) is 4.38. The van der Waals surface area contributed by atoms with Crippen molar-refractivity contribution in [3.8, 4) is 0 Å². The monoisotopic (exact) mass is 318 g/mol. The van der Waals surface area contributed by atoms with Gasteiger partial charge in [-0.1, -0.05) is 24.9 Å². The zero-order valence-corrected chi connectivity index (χ0v) is 13.3. The van der Waals surface area contributed by atoms with E-state index >= 15 is 0 Å². The van der Waals surface area contributed by atoms with Crippen LogP contribution in [0.2, 0.25) is 4.34 Å². The highest BCUT2D eigenvalue weighted by molar-refractivity contribution is 7.16. The maximum Gasteiger partial charge on any atom is 0.329 e. The quantitative estimate of drug-likeness (QED) is 0.846. The number of amides is 2. The highest BCUT2D eigenvalue weighted by Gasteiger charge is 2.34. The molecule has 0 aliphatic heterocycles. The maximum atomic E-state index is 12.1. The summed E-state index contributed by atoms with van der Waals surface area (Å²) < 4.78 is 0.662. The van der Waals surface area contributed by atoms with Gasteiger partial charge < -0.3 is 15.3 Å². The minimum Gasteiger partial charge on any atom is -0.480 e. The molecular weight excluding hydrogens is 300 g/mol. The van der Waals surface area contributed by atoms with Crippen LogP contribution in [0.4, 0.5) is 4.79 Å². The van der Waals surface area contributed by atoms with Gasteiger partial charge >= 0.3 is 12.0 Å². The first-order valence-electron chi connectivity index (χ1n) is 6.29. The molecule has 0 aromatic carbocycles. The second-order valence-electron chi connectivity index (χ2n) is 4.88. The summed E-state index contributed by atoms with van der Waals surface area (Å²) in [5, 5.41) is 11.8. The van der Waals surface area contributed by atoms with E-state index in [1.165, 1.54) is 23.2 Å². The van der Waals surface area contributed by atoms with Crippen LogP contribution in [0.1, 0.15) is 31.6 Å². The lowest BCUT2D eigenvalue weighted by Crippen LogP contribution is -2.55. The van der Waals surface area contributed by atoms with Crippen LogP contribution in [-0.2, 0) is 11.3 Å². The summed E-state index contributed by atoms with van der Waals surface area (Å²) in [6, 6.07) is 3.21. The van der Waals surface area contributed by atoms with Gasteiger partial charge in [-0.15, -0.1) is 11.3 Å². The van der Waals surface area contributed by atoms with Crippen molar-refractivity contribution in [2.75, 3.05) is 7.05 Å². The molecule has 2 N–H and O–H groups in total. The Bertz CT molecular complexity index is 492. The van der Waals surface area contributed by atoms with E-state index in [4.69, 9.17) is 11.6 Å². The Kier molecular flexibility index (Phi) is 5.83. The number of thiophene rings is 1. The van der Waals surface area contributed by atoms with E-state index in [1.807, 2.05) is 13.0 Å². The SMILES string of the molecule is CCCC(C)(NC(=O)N(C)Cc1ccc(Cl)s1)C(=O)O. The molecule has 0 radical (unpaired) electrons. The largest absolute Gasteiger partial charge is 0.480 e. The van der Waals surface area contributed by atoms with Crippen molar-refractivity contribution in [3.63, 3.8) is 0 Å². The van der Waals surface area contributed by atoms with Crippen LogP contribution < -0.4 is 5.32 Å². The van der Waals surface area contributed by atoms with E-state index in [0.29, 0.717) is 23.7 Å². The molecule has 5 nitrogen and oxygen atoms in total. The molecular formula is C13H19ClN2O3S. The average molecular weight is 319 g/mol. The van der Waals surface area contributed by atoms with Crippen LogP contribution in [0, 0.1) is 0 Å². The molecule has 0 bridgehead atoms. The second kappa shape index (κ2) is 6.95. The second-order valence-corrected chi connectivity index (χ2v) is 6.68. The summed E-state index contributed by atoms with van der Waals surface area (Å²) in [6.45, 7) is 3.79. The number of carboxylic acid groups (broad SMARTS) is 1. The normalized spacial score (nSPS) is 13.6. The third-order valence-electron chi connectivity index (χ3n) is 2.97. The fraction of sp³-hybridized carbons (Fsp3) is 0.538. The van der Waals surface area contributed by atoms with Gasteiger partial charge in [0.2, 0.25) is 0 Å². The highest BCUT2D eigenvalue weighted by Crippen LogP contribution is 2.22. The lowest BCUT2D eigenvalue weighted by molar-refractivity contribution is -0.144. The molecule has 1 unspecified atom stereocenters. The highest BCUT2D eigenvalue weighted by atomic mass is 35.5. The Morgan fingerprint density at radius 1 is 1.50 bits per heavy atom. The molecule has 112 valence electrons. The van der Waals surface area contributed by atoms with Gasteiger partial charge in [-0.2, -0.15) is 0 Å². The predicted octanol–water partition coefficient (Wildman–Crippen LogP) is 3.19. The first-order valence-corrected chi connectivity index (χ1v) is 7.49. The molecule has 1 aromatic heterocycles. The van der Waals surface area contributed by atoms with Crippen LogP contribution in [-0.4, -0.2) is 34.6 Å². The lowest BCUT2D eigenvalue weighted by atomic mass is 9.96. The minimum atomic E-state index is -1.24. The molecule has 1 atom stereocenters. The zero-order valence-electron chi connectivity index (χ0n) is 11.8. The Morgan fingerprint density at radius 3 is 2.60 bits per heavy atom. The van der Waals surface area contributed by atoms with Crippen LogP contribution in [0.25, 0.3) is 0 Å². The van der Waals surface area contributed by atoms with E-state index in [1.54, 1.807) is 13.1 Å². The molecule has 1 aromatic rings. The Labute approximate surface area is 127 Å². The molecule has 1 heterocycles. The first-order chi connectivity index (χ1) is 9.28. The van der Waals surface area contributed by atoms with Gasteiger partial charge in [-0.3, -0.25) is 0 Å². The van der Waals surface area contributed by atoms with E-state index in [2.05, 4.69) is 5.32 Å². The number of carbonyl (C=O) groups is 2. The fourth-order valence-electron chi connectivity index (χ4n) is 1.80. The topological polar surface area (TPSA) is 69.6 Å². The number of carboxylic acids is 1. The van der Waals surface area contributed by atoms with Crippen molar-refractivity contribution in [3.05, 3.63) is 21.3 Å². The summed E-state index contributed by atoms with van der Waals surface area (Å²) >= 11 is 7.23. The van der Waals surface area contributed by atoms with Crippen molar-refractivity contribution >= 4 is 34.9 Å². The predicted molar refractivity (Wildman–Crippen MR) is 80.3 cm³/mol. The van der Waals surface area contributed by atoms with E-state index in [9.17, 15) is 14.7 Å². The standard InChI is InChI=1S/C13H19ClN2O3S/c1-4-7-13(2,11(17)18)15-12(19)16(3)8-9-5-6-10(14)20-9/h5-6H,4,7-8H2,1-3H3,(H,15,19)(H,17,18). The molecule has 1 rings (SSSR count). The van der Waals surface area contributed by atoms with Crippen molar-refractivity contribution in [1.29, 1.82) is 0 Å². The van der Waals surface area contributed by atoms with Crippen LogP contribution >= 0.6 is 22.9 Å². The summed E-state index contributed by atoms with van der Waals surface area (Å²) in [4.78, 5) is 25.7. The van der Waals surface area contributed by atoms with E-state index in [-0.39, 0.29) is 0 Å². The number of nitrogens with one attached hydrogen (secondary N) is 1. The van der Waals surface area contributed by atoms with Gasteiger partial charge in [0.1, 0.15) is 5.54 Å². The van der Waals surface area contributed by atoms with Gasteiger partial charge in [0.05, 0.1) is 10.9 Å². The fourth-order valence-corrected chi connectivity index (χ4v) is 2.94. The van der Waals surface area contributed by atoms with E-state index in [0.717, 1.165) is 4.88 Å². The number of aliphatic carboxylic acids is 1. The average Bonchev–Trinajstić information content (AvgIpc) is 2.74. The minimum absolute atomic E-state index is 0.382. The molecule has 0 aliphatic rings. The van der Waals surface area contributed by atoms with Crippen LogP contribution in [0.5, 0.6) is 0 Å². The summed E-state index contributed by atoms with van der Waals surface area (Å²) in [5.74, 6) is -1.03. The smallest absolute Gasteiger partial charge is 0.329 e. The Balaban J connectivity index is 2.66. The van der Waals surface area contributed by atoms with Gasteiger partial charge in [-0.25, -0.2) is 9.59 Å². The Hall–Kier alpha value is -1.27. The zero-order chi connectivity index (χ0) is 15.3. The summed E-state index contributed by atoms with van der Waals surface area (Å²) in [6.07, 6.45) is 1.06. The van der Waals surface area contributed by atoms with Gasteiger partial charge in [0.15, 0.2) is 0 Å². The first kappa shape index (κ1) is 16.8. The summed E-state index contributed by atoms with van der Waals surface area (Å²) in [5.41, 5.74) is -1.24. The van der Waals surface area contributed by atoms with E-state index < -0.39 is 17.5 Å². The van der Waals surface area contributed by atoms with Crippen LogP contribution in [0.15, 0.2) is 12.1 Å². The van der Waals surface area contributed by atoms with Crippen LogP contribution in [0.3, 0.4) is 0 Å². The number of carbonyl (C=O) groups excluding carboxylic acids is 1. The van der Waals surface area contributed by atoms with Crippen molar-refractivity contribution < 1.29 is 14.7 Å². The number of hydrogen-bond donors (Lipinski definition) is 2. The summed E-state index contributed by atoms with van der Waals surface area (Å²) in [7, 11) is 1.62. The molecule has 0 fully saturated rings. The van der Waals surface area contributed by atoms with Gasteiger partial charge in [0.25, 0.3) is 0 Å². The van der Waals surface area contributed by atoms with Gasteiger partial charge in [-0.05, 0) is 25.5 Å². The third-order valence-corrected chi connectivity index (χ3v) is 4.19. The number of nitrogens with zero attached hydrogens (tertiary/aromatic N) is 1. The van der Waals surface area contributed by atoms with Crippen molar-refractivity contribution in [1.82, 2.24) is 10.2 Å². The number of halogens is 1. The van der Waals surface area contributed by atoms with Gasteiger partial charge in [0, 0.05) is 11.9 Å². The number of rotatable bonds is 6. The molecule has 0 saturated heterocycles. The molecule has 2 amide bonds. The maximum absolute atomic E-state index is 12.1. The van der Waals surface area contributed by atoms with Crippen molar-refractivity contribution in [2.45, 2.75) is 38.8 Å². The lowest BCUT2D eigenvalue weighted by Gasteiger charge is -2.28. The molecule has 0 saturated carbocycles. The Morgan fingerprint density at radius 2 is 2.15 bits per heavy atom. The molecule has 7 heteroatoms. The van der Waals surface area contributed by atoms with Crippen molar-refractivity contribution in [2.24, 2.45) is 0 Å². The number of hydrogen-bond acceptors (Lipinski definition) is 3. The molecule has 20 heavy (non-hydrogen) atoms. The molecule has 0 spiro atoms. The number of urea groups is 1. The molecule has 0 aliphatic carbocycles.